The SMILES string of the molecule is CC[C@]12CC[C@H]3[C@@H](CCC4=C(Cl)C(=O)CC[C@@H]43)[C@@H]1[C@@H]1C[C@@H]1[C@]2(C)C#N. The Balaban J connectivity index is 1.54. The van der Waals surface area contributed by atoms with Crippen LogP contribution in [0.4, 0.5) is 0 Å². The smallest absolute Gasteiger partial charge is 0.174 e. The topological polar surface area (TPSA) is 40.9 Å². The predicted octanol–water partition coefficient (Wildman–Crippen LogP) is 5.47. The van der Waals surface area contributed by atoms with Crippen molar-refractivity contribution >= 4 is 17.4 Å². The molecule has 0 unspecified atom stereocenters. The van der Waals surface area contributed by atoms with Gasteiger partial charge in [0.25, 0.3) is 0 Å². The van der Waals surface area contributed by atoms with Crippen molar-refractivity contribution in [3.05, 3.63) is 10.6 Å². The maximum Gasteiger partial charge on any atom is 0.174 e. The Hall–Kier alpha value is -0.810. The van der Waals surface area contributed by atoms with Gasteiger partial charge in [-0.2, -0.15) is 5.26 Å². The third-order valence-corrected chi connectivity index (χ3v) is 9.89. The maximum atomic E-state index is 12.0. The highest BCUT2D eigenvalue weighted by Crippen LogP contribution is 2.79. The van der Waals surface area contributed by atoms with Crippen molar-refractivity contribution in [3.8, 4) is 6.07 Å². The van der Waals surface area contributed by atoms with Crippen molar-refractivity contribution in [2.75, 3.05) is 0 Å². The number of rotatable bonds is 1. The molecule has 0 aromatic carbocycles. The lowest BCUT2D eigenvalue weighted by Crippen LogP contribution is -2.52. The Morgan fingerprint density at radius 2 is 2.00 bits per heavy atom. The number of nitrogens with zero attached hydrogens (tertiary/aromatic N) is 1. The standard InChI is InChI=1S/C22H28ClNO/c1-3-22-9-8-13-12-6-7-18(25)20(23)15(12)5-4-14(13)19(22)16-10-17(16)21(22,2)11-24/h12-14,16-17,19H,3-10H2,1-2H3/t12-,13-,14-,16-,17+,19-,21+,22+/m1/s1. The summed E-state index contributed by atoms with van der Waals surface area (Å²) in [4.78, 5) is 12.0. The van der Waals surface area contributed by atoms with E-state index in [0.717, 1.165) is 37.0 Å². The van der Waals surface area contributed by atoms with Gasteiger partial charge in [-0.05, 0) is 98.4 Å². The van der Waals surface area contributed by atoms with Crippen LogP contribution in [0.3, 0.4) is 0 Å². The molecule has 0 aromatic rings. The number of hydrogen-bond acceptors (Lipinski definition) is 2. The molecule has 0 radical (unpaired) electrons. The van der Waals surface area contributed by atoms with E-state index in [0.29, 0.717) is 29.2 Å². The minimum atomic E-state index is -0.113. The van der Waals surface area contributed by atoms with Crippen LogP contribution in [-0.4, -0.2) is 5.78 Å². The van der Waals surface area contributed by atoms with Crippen molar-refractivity contribution in [1.82, 2.24) is 0 Å². The molecule has 0 saturated heterocycles. The third-order valence-electron chi connectivity index (χ3n) is 9.43. The normalized spacial score (nSPS) is 53.4. The molecule has 0 aromatic heterocycles. The summed E-state index contributed by atoms with van der Waals surface area (Å²) in [5.41, 5.74) is 1.42. The lowest BCUT2D eigenvalue weighted by Gasteiger charge is -2.57. The van der Waals surface area contributed by atoms with Crippen LogP contribution >= 0.6 is 11.6 Å². The molecule has 8 atom stereocenters. The zero-order chi connectivity index (χ0) is 17.6. The Morgan fingerprint density at radius 1 is 1.20 bits per heavy atom. The zero-order valence-corrected chi connectivity index (χ0v) is 16.1. The van der Waals surface area contributed by atoms with Gasteiger partial charge in [0.2, 0.25) is 0 Å². The lowest BCUT2D eigenvalue weighted by molar-refractivity contribution is -0.117. The van der Waals surface area contributed by atoms with E-state index in [1.807, 2.05) is 0 Å². The van der Waals surface area contributed by atoms with Gasteiger partial charge in [-0.15, -0.1) is 0 Å². The first-order valence-corrected chi connectivity index (χ1v) is 10.7. The van der Waals surface area contributed by atoms with Crippen LogP contribution < -0.4 is 0 Å². The van der Waals surface area contributed by atoms with E-state index in [1.165, 1.54) is 31.3 Å². The molecule has 5 rings (SSSR count). The fraction of sp³-hybridized carbons (Fsp3) is 0.818. The van der Waals surface area contributed by atoms with E-state index in [4.69, 9.17) is 11.6 Å². The van der Waals surface area contributed by atoms with E-state index in [-0.39, 0.29) is 16.6 Å². The fourth-order valence-corrected chi connectivity index (χ4v) is 8.66. The molecule has 25 heavy (non-hydrogen) atoms. The molecule has 0 N–H and O–H groups in total. The minimum absolute atomic E-state index is 0.113. The average Bonchev–Trinajstić information content (AvgIpc) is 3.39. The zero-order valence-electron chi connectivity index (χ0n) is 15.4. The summed E-state index contributed by atoms with van der Waals surface area (Å²) >= 11 is 6.43. The van der Waals surface area contributed by atoms with Gasteiger partial charge < -0.3 is 0 Å². The number of nitriles is 1. The van der Waals surface area contributed by atoms with Crippen LogP contribution in [0.5, 0.6) is 0 Å². The van der Waals surface area contributed by atoms with Crippen LogP contribution in [0.25, 0.3) is 0 Å². The molecule has 0 aliphatic heterocycles. The number of carbonyl (C=O) groups excluding carboxylic acids is 1. The maximum absolute atomic E-state index is 12.0. The highest BCUT2D eigenvalue weighted by atomic mass is 35.5. The van der Waals surface area contributed by atoms with Crippen molar-refractivity contribution in [1.29, 1.82) is 5.26 Å². The van der Waals surface area contributed by atoms with Crippen LogP contribution in [0.2, 0.25) is 0 Å². The molecule has 0 heterocycles. The first-order chi connectivity index (χ1) is 12.0. The van der Waals surface area contributed by atoms with Crippen molar-refractivity contribution in [2.45, 2.75) is 65.2 Å². The molecule has 4 fully saturated rings. The number of ketones is 1. The molecule has 5 aliphatic rings. The summed E-state index contributed by atoms with van der Waals surface area (Å²) < 4.78 is 0. The van der Waals surface area contributed by atoms with E-state index < -0.39 is 0 Å². The predicted molar refractivity (Wildman–Crippen MR) is 97.6 cm³/mol. The quantitative estimate of drug-likeness (QED) is 0.624. The van der Waals surface area contributed by atoms with Gasteiger partial charge in [0.15, 0.2) is 5.78 Å². The number of carbonyl (C=O) groups is 1. The summed E-state index contributed by atoms with van der Waals surface area (Å²) in [6, 6.07) is 2.81. The van der Waals surface area contributed by atoms with Gasteiger partial charge in [-0.1, -0.05) is 18.5 Å². The van der Waals surface area contributed by atoms with E-state index >= 15 is 0 Å². The van der Waals surface area contributed by atoms with Gasteiger partial charge in [0, 0.05) is 6.42 Å². The highest BCUT2D eigenvalue weighted by molar-refractivity contribution is 6.43. The van der Waals surface area contributed by atoms with Gasteiger partial charge in [0.1, 0.15) is 0 Å². The largest absolute Gasteiger partial charge is 0.293 e. The van der Waals surface area contributed by atoms with E-state index in [9.17, 15) is 10.1 Å². The van der Waals surface area contributed by atoms with Gasteiger partial charge in [0.05, 0.1) is 16.5 Å². The summed E-state index contributed by atoms with van der Waals surface area (Å²) in [6.07, 6.45) is 8.75. The van der Waals surface area contributed by atoms with Gasteiger partial charge in [-0.3, -0.25) is 4.79 Å². The van der Waals surface area contributed by atoms with Gasteiger partial charge in [-0.25, -0.2) is 0 Å². The number of halogens is 1. The molecule has 134 valence electrons. The monoisotopic (exact) mass is 357 g/mol. The second-order valence-corrected chi connectivity index (χ2v) is 10.0. The molecule has 3 heteroatoms. The molecule has 0 amide bonds. The number of Topliss-reactive ketones (excluding diaryl/α,β-unsaturated/α-hetero) is 1. The summed E-state index contributed by atoms with van der Waals surface area (Å²) in [5.74, 6) is 4.36. The fourth-order valence-electron chi connectivity index (χ4n) is 8.33. The van der Waals surface area contributed by atoms with E-state index in [2.05, 4.69) is 19.9 Å². The molecule has 4 saturated carbocycles. The van der Waals surface area contributed by atoms with E-state index in [1.54, 1.807) is 0 Å². The van der Waals surface area contributed by atoms with Crippen molar-refractivity contribution in [2.24, 2.45) is 46.3 Å². The molecule has 0 spiro atoms. The number of hydrogen-bond donors (Lipinski definition) is 0. The Morgan fingerprint density at radius 3 is 2.72 bits per heavy atom. The van der Waals surface area contributed by atoms with Gasteiger partial charge >= 0.3 is 0 Å². The van der Waals surface area contributed by atoms with Crippen LogP contribution in [0.1, 0.15) is 65.2 Å². The summed E-state index contributed by atoms with van der Waals surface area (Å²) in [6.45, 7) is 4.61. The molecule has 5 aliphatic carbocycles. The van der Waals surface area contributed by atoms with Crippen molar-refractivity contribution in [3.63, 3.8) is 0 Å². The first kappa shape index (κ1) is 16.4. The Labute approximate surface area is 156 Å². The lowest BCUT2D eigenvalue weighted by atomic mass is 9.46. The molecule has 0 bridgehead atoms. The second kappa shape index (κ2) is 5.13. The third kappa shape index (κ3) is 1.79. The van der Waals surface area contributed by atoms with Crippen LogP contribution in [0, 0.1) is 57.7 Å². The molecular weight excluding hydrogens is 330 g/mol. The molecule has 2 nitrogen and oxygen atoms in total. The van der Waals surface area contributed by atoms with Crippen LogP contribution in [0.15, 0.2) is 10.6 Å². The minimum Gasteiger partial charge on any atom is -0.293 e. The van der Waals surface area contributed by atoms with Crippen LogP contribution in [-0.2, 0) is 4.79 Å². The summed E-state index contributed by atoms with van der Waals surface area (Å²) in [5, 5.41) is 10.7. The average molecular weight is 358 g/mol. The molecular formula is C22H28ClNO. The Kier molecular flexibility index (Phi) is 3.36. The van der Waals surface area contributed by atoms with Crippen molar-refractivity contribution < 1.29 is 4.79 Å². The highest BCUT2D eigenvalue weighted by Gasteiger charge is 2.75. The number of fused-ring (bicyclic) bond motifs is 7. The Bertz CT molecular complexity index is 720. The number of allylic oxidation sites excluding steroid dienone is 1. The second-order valence-electron chi connectivity index (χ2n) is 9.67. The summed E-state index contributed by atoms with van der Waals surface area (Å²) in [7, 11) is 0. The first-order valence-electron chi connectivity index (χ1n) is 10.3.